The molecule has 0 spiro atoms. The SMILES string of the molecule is Oc1ccc2c(c1)C=C(c1ccccc1)CCC2. The van der Waals surface area contributed by atoms with E-state index in [9.17, 15) is 5.11 Å². The van der Waals surface area contributed by atoms with E-state index in [4.69, 9.17) is 0 Å². The van der Waals surface area contributed by atoms with Crippen LogP contribution < -0.4 is 0 Å². The van der Waals surface area contributed by atoms with E-state index < -0.39 is 0 Å². The van der Waals surface area contributed by atoms with Crippen molar-refractivity contribution in [3.05, 3.63) is 65.2 Å². The lowest BCUT2D eigenvalue weighted by molar-refractivity contribution is 0.475. The van der Waals surface area contributed by atoms with Crippen molar-refractivity contribution in [1.29, 1.82) is 0 Å². The summed E-state index contributed by atoms with van der Waals surface area (Å²) in [6.45, 7) is 0. The summed E-state index contributed by atoms with van der Waals surface area (Å²) < 4.78 is 0. The summed E-state index contributed by atoms with van der Waals surface area (Å²) >= 11 is 0. The molecule has 2 aromatic rings. The Kier molecular flexibility index (Phi) is 2.89. The number of phenols is 1. The number of phenolic OH excluding ortho intramolecular Hbond substituents is 1. The summed E-state index contributed by atoms with van der Waals surface area (Å²) in [5, 5.41) is 9.61. The number of hydrogen-bond donors (Lipinski definition) is 1. The first-order valence-corrected chi connectivity index (χ1v) is 6.41. The fourth-order valence-corrected chi connectivity index (χ4v) is 2.55. The van der Waals surface area contributed by atoms with E-state index in [2.05, 4.69) is 30.3 Å². The van der Waals surface area contributed by atoms with Crippen molar-refractivity contribution in [1.82, 2.24) is 0 Å². The number of aromatic hydroxyl groups is 1. The lowest BCUT2D eigenvalue weighted by Crippen LogP contribution is -1.86. The average Bonchev–Trinajstić information content (AvgIpc) is 2.61. The second-order valence-electron chi connectivity index (χ2n) is 4.77. The molecule has 0 bridgehead atoms. The van der Waals surface area contributed by atoms with Crippen LogP contribution in [0.5, 0.6) is 5.75 Å². The first kappa shape index (κ1) is 11.1. The Morgan fingerprint density at radius 3 is 2.56 bits per heavy atom. The van der Waals surface area contributed by atoms with Crippen LogP contribution in [0.15, 0.2) is 48.5 Å². The zero-order valence-electron chi connectivity index (χ0n) is 10.3. The monoisotopic (exact) mass is 236 g/mol. The van der Waals surface area contributed by atoms with Gasteiger partial charge in [-0.15, -0.1) is 0 Å². The number of hydrogen-bond acceptors (Lipinski definition) is 1. The number of aryl methyl sites for hydroxylation is 1. The standard InChI is InChI=1S/C17H16O/c18-17-10-9-14-7-4-8-15(11-16(14)12-17)13-5-2-1-3-6-13/h1-3,5-6,9-12,18H,4,7-8H2. The number of rotatable bonds is 1. The van der Waals surface area contributed by atoms with Crippen LogP contribution in [0.25, 0.3) is 11.6 Å². The zero-order chi connectivity index (χ0) is 12.4. The van der Waals surface area contributed by atoms with E-state index in [1.165, 1.54) is 23.1 Å². The van der Waals surface area contributed by atoms with Gasteiger partial charge in [0.25, 0.3) is 0 Å². The van der Waals surface area contributed by atoms with E-state index in [-0.39, 0.29) is 0 Å². The van der Waals surface area contributed by atoms with E-state index in [1.54, 1.807) is 6.07 Å². The molecule has 3 rings (SSSR count). The average molecular weight is 236 g/mol. The Hall–Kier alpha value is -2.02. The molecule has 0 aliphatic heterocycles. The normalized spacial score (nSPS) is 14.6. The Labute approximate surface area is 107 Å². The number of benzene rings is 2. The molecule has 0 heterocycles. The van der Waals surface area contributed by atoms with Gasteiger partial charge in [0.1, 0.15) is 5.75 Å². The summed E-state index contributed by atoms with van der Waals surface area (Å²) in [6, 6.07) is 16.2. The highest BCUT2D eigenvalue weighted by Gasteiger charge is 2.10. The summed E-state index contributed by atoms with van der Waals surface area (Å²) in [4.78, 5) is 0. The first-order chi connectivity index (χ1) is 8.83. The van der Waals surface area contributed by atoms with Crippen LogP contribution in [0.1, 0.15) is 29.5 Å². The quantitative estimate of drug-likeness (QED) is 0.784. The van der Waals surface area contributed by atoms with Crippen LogP contribution >= 0.6 is 0 Å². The van der Waals surface area contributed by atoms with Gasteiger partial charge >= 0.3 is 0 Å². The van der Waals surface area contributed by atoms with E-state index in [0.717, 1.165) is 18.4 Å². The molecule has 0 amide bonds. The molecular weight excluding hydrogens is 220 g/mol. The maximum absolute atomic E-state index is 9.61. The van der Waals surface area contributed by atoms with Crippen molar-refractivity contribution in [2.45, 2.75) is 19.3 Å². The smallest absolute Gasteiger partial charge is 0.116 e. The summed E-state index contributed by atoms with van der Waals surface area (Å²) in [7, 11) is 0. The molecule has 18 heavy (non-hydrogen) atoms. The van der Waals surface area contributed by atoms with Crippen LogP contribution in [0, 0.1) is 0 Å². The third-order valence-electron chi connectivity index (χ3n) is 3.50. The third-order valence-corrected chi connectivity index (χ3v) is 3.50. The highest BCUT2D eigenvalue weighted by molar-refractivity contribution is 5.83. The minimum Gasteiger partial charge on any atom is -0.508 e. The highest BCUT2D eigenvalue weighted by Crippen LogP contribution is 2.30. The molecule has 0 unspecified atom stereocenters. The summed E-state index contributed by atoms with van der Waals surface area (Å²) in [5.74, 6) is 0.347. The molecule has 2 aromatic carbocycles. The molecular formula is C17H16O. The highest BCUT2D eigenvalue weighted by atomic mass is 16.3. The minimum absolute atomic E-state index is 0.347. The van der Waals surface area contributed by atoms with Crippen molar-refractivity contribution >= 4 is 11.6 Å². The summed E-state index contributed by atoms with van der Waals surface area (Å²) in [6.07, 6.45) is 5.57. The zero-order valence-corrected chi connectivity index (χ0v) is 10.3. The molecule has 0 atom stereocenters. The Morgan fingerprint density at radius 1 is 0.889 bits per heavy atom. The fourth-order valence-electron chi connectivity index (χ4n) is 2.55. The van der Waals surface area contributed by atoms with Gasteiger partial charge in [0, 0.05) is 0 Å². The van der Waals surface area contributed by atoms with Gasteiger partial charge in [0.15, 0.2) is 0 Å². The third kappa shape index (κ3) is 2.17. The van der Waals surface area contributed by atoms with E-state index >= 15 is 0 Å². The first-order valence-electron chi connectivity index (χ1n) is 6.41. The Morgan fingerprint density at radius 2 is 1.72 bits per heavy atom. The fraction of sp³-hybridized carbons (Fsp3) is 0.176. The molecule has 1 nitrogen and oxygen atoms in total. The van der Waals surface area contributed by atoms with E-state index in [1.807, 2.05) is 18.2 Å². The van der Waals surface area contributed by atoms with Gasteiger partial charge in [-0.3, -0.25) is 0 Å². The van der Waals surface area contributed by atoms with Crippen LogP contribution in [-0.2, 0) is 6.42 Å². The van der Waals surface area contributed by atoms with Crippen LogP contribution in [0.2, 0.25) is 0 Å². The molecule has 0 saturated carbocycles. The molecule has 0 fully saturated rings. The van der Waals surface area contributed by atoms with Crippen molar-refractivity contribution in [2.75, 3.05) is 0 Å². The molecule has 0 saturated heterocycles. The molecule has 0 radical (unpaired) electrons. The van der Waals surface area contributed by atoms with Gasteiger partial charge < -0.3 is 5.11 Å². The predicted octanol–water partition coefficient (Wildman–Crippen LogP) is 4.27. The van der Waals surface area contributed by atoms with Gasteiger partial charge in [-0.1, -0.05) is 42.5 Å². The van der Waals surface area contributed by atoms with Gasteiger partial charge in [0.2, 0.25) is 0 Å². The van der Waals surface area contributed by atoms with E-state index in [0.29, 0.717) is 5.75 Å². The molecule has 1 heteroatoms. The lowest BCUT2D eigenvalue weighted by atomic mass is 10.0. The minimum atomic E-state index is 0.347. The summed E-state index contributed by atoms with van der Waals surface area (Å²) in [5.41, 5.74) is 5.14. The second kappa shape index (κ2) is 4.69. The van der Waals surface area contributed by atoms with Gasteiger partial charge in [0.05, 0.1) is 0 Å². The van der Waals surface area contributed by atoms with Crippen molar-refractivity contribution in [2.24, 2.45) is 0 Å². The van der Waals surface area contributed by atoms with Crippen molar-refractivity contribution in [3.63, 3.8) is 0 Å². The Bertz CT molecular complexity index is 582. The van der Waals surface area contributed by atoms with Gasteiger partial charge in [-0.2, -0.15) is 0 Å². The molecule has 0 aromatic heterocycles. The molecule has 1 aliphatic carbocycles. The Balaban J connectivity index is 2.07. The molecule has 90 valence electrons. The van der Waals surface area contributed by atoms with Crippen LogP contribution in [-0.4, -0.2) is 5.11 Å². The topological polar surface area (TPSA) is 20.2 Å². The van der Waals surface area contributed by atoms with Crippen LogP contribution in [0.4, 0.5) is 0 Å². The number of allylic oxidation sites excluding steroid dienone is 1. The maximum Gasteiger partial charge on any atom is 0.116 e. The lowest BCUT2D eigenvalue weighted by Gasteiger charge is -2.05. The van der Waals surface area contributed by atoms with Crippen molar-refractivity contribution < 1.29 is 5.11 Å². The largest absolute Gasteiger partial charge is 0.508 e. The van der Waals surface area contributed by atoms with Crippen LogP contribution in [0.3, 0.4) is 0 Å². The molecule has 1 aliphatic rings. The van der Waals surface area contributed by atoms with Crippen molar-refractivity contribution in [3.8, 4) is 5.75 Å². The molecule has 1 N–H and O–H groups in total. The van der Waals surface area contributed by atoms with Gasteiger partial charge in [-0.25, -0.2) is 0 Å². The maximum atomic E-state index is 9.61. The second-order valence-corrected chi connectivity index (χ2v) is 4.77. The number of fused-ring (bicyclic) bond motifs is 1. The van der Waals surface area contributed by atoms with Gasteiger partial charge in [-0.05, 0) is 53.7 Å². The predicted molar refractivity (Wildman–Crippen MR) is 75.4 cm³/mol.